The van der Waals surface area contributed by atoms with Crippen LogP contribution in [-0.4, -0.2) is 59.0 Å². The highest BCUT2D eigenvalue weighted by Crippen LogP contribution is 2.49. The zero-order chi connectivity index (χ0) is 21.3. The van der Waals surface area contributed by atoms with Gasteiger partial charge in [0.1, 0.15) is 11.8 Å². The Morgan fingerprint density at radius 2 is 1.87 bits per heavy atom. The van der Waals surface area contributed by atoms with Gasteiger partial charge in [-0.1, -0.05) is 18.2 Å². The lowest BCUT2D eigenvalue weighted by molar-refractivity contribution is -0.154. The molecule has 0 radical (unpaired) electrons. The average molecular weight is 417 g/mol. The fraction of sp³-hybridized carbons (Fsp3) is 0.333. The molecular formula is C24H23N3O4. The van der Waals surface area contributed by atoms with Gasteiger partial charge in [-0.3, -0.25) is 9.69 Å². The van der Waals surface area contributed by atoms with Crippen LogP contribution in [0.25, 0.3) is 10.9 Å². The number of hydrogen-bond acceptors (Lipinski definition) is 5. The van der Waals surface area contributed by atoms with Crippen molar-refractivity contribution in [2.24, 2.45) is 7.05 Å². The van der Waals surface area contributed by atoms with Crippen LogP contribution in [0.5, 0.6) is 11.5 Å². The molecule has 1 fully saturated rings. The van der Waals surface area contributed by atoms with Gasteiger partial charge in [0, 0.05) is 42.7 Å². The maximum Gasteiger partial charge on any atom is 0.238 e. The molecule has 0 saturated carbocycles. The number of nitrogens with zero attached hydrogens (tertiary/aromatic N) is 3. The molecule has 7 heteroatoms. The summed E-state index contributed by atoms with van der Waals surface area (Å²) in [6, 6.07) is 11.8. The zero-order valence-electron chi connectivity index (χ0n) is 17.5. The molecule has 0 N–H and O–H groups in total. The van der Waals surface area contributed by atoms with Crippen LogP contribution in [0.1, 0.15) is 22.7 Å². The van der Waals surface area contributed by atoms with Crippen molar-refractivity contribution in [2.45, 2.75) is 18.0 Å². The summed E-state index contributed by atoms with van der Waals surface area (Å²) in [5.41, 5.74) is 3.20. The van der Waals surface area contributed by atoms with Crippen molar-refractivity contribution < 1.29 is 19.1 Å². The molecule has 1 saturated heterocycles. The Labute approximate surface area is 179 Å². The number of aromatic nitrogens is 1. The van der Waals surface area contributed by atoms with Gasteiger partial charge in [0.15, 0.2) is 11.5 Å². The third-order valence-corrected chi connectivity index (χ3v) is 6.82. The van der Waals surface area contributed by atoms with E-state index in [0.29, 0.717) is 24.5 Å². The number of hydrogen-bond donors (Lipinski definition) is 0. The fourth-order valence-electron chi connectivity index (χ4n) is 5.61. The second-order valence-corrected chi connectivity index (χ2v) is 8.85. The number of piperazine rings is 1. The maximum absolute atomic E-state index is 13.4. The highest BCUT2D eigenvalue weighted by Gasteiger charge is 2.52. The van der Waals surface area contributed by atoms with Gasteiger partial charge in [0.25, 0.3) is 0 Å². The molecule has 6 rings (SSSR count). The number of amides is 1. The Kier molecular flexibility index (Phi) is 3.77. The predicted molar refractivity (Wildman–Crippen MR) is 114 cm³/mol. The van der Waals surface area contributed by atoms with Gasteiger partial charge in [-0.25, -0.2) is 0 Å². The van der Waals surface area contributed by atoms with Crippen LogP contribution >= 0.6 is 0 Å². The molecule has 3 aliphatic rings. The molecule has 1 aromatic heterocycles. The number of fused-ring (bicyclic) bond motifs is 4. The molecule has 1 amide bonds. The lowest BCUT2D eigenvalue weighted by atomic mass is 9.76. The molecule has 2 atom stereocenters. The first kappa shape index (κ1) is 18.4. The normalized spacial score (nSPS) is 24.9. The quantitative estimate of drug-likeness (QED) is 0.599. The fourth-order valence-corrected chi connectivity index (χ4v) is 5.61. The Bertz CT molecular complexity index is 1250. The molecule has 3 aliphatic heterocycles. The zero-order valence-corrected chi connectivity index (χ0v) is 17.5. The van der Waals surface area contributed by atoms with Crippen LogP contribution in [0, 0.1) is 0 Å². The average Bonchev–Trinajstić information content (AvgIpc) is 3.34. The van der Waals surface area contributed by atoms with Crippen molar-refractivity contribution in [2.75, 3.05) is 26.9 Å². The van der Waals surface area contributed by atoms with Crippen LogP contribution < -0.4 is 9.47 Å². The molecule has 0 aliphatic carbocycles. The van der Waals surface area contributed by atoms with Gasteiger partial charge in [-0.05, 0) is 36.4 Å². The van der Waals surface area contributed by atoms with E-state index in [2.05, 4.69) is 22.9 Å². The van der Waals surface area contributed by atoms with Crippen LogP contribution in [0.3, 0.4) is 0 Å². The Balaban J connectivity index is 1.66. The number of rotatable bonds is 2. The second-order valence-electron chi connectivity index (χ2n) is 8.85. The molecule has 4 heterocycles. The number of aldehydes is 1. The molecule has 158 valence electrons. The summed E-state index contributed by atoms with van der Waals surface area (Å²) in [4.78, 5) is 29.8. The van der Waals surface area contributed by atoms with E-state index >= 15 is 0 Å². The van der Waals surface area contributed by atoms with Crippen molar-refractivity contribution >= 4 is 23.1 Å². The van der Waals surface area contributed by atoms with Crippen molar-refractivity contribution in [1.82, 2.24) is 14.4 Å². The molecule has 3 aromatic rings. The van der Waals surface area contributed by atoms with Gasteiger partial charge < -0.3 is 23.7 Å². The minimum atomic E-state index is -0.924. The van der Waals surface area contributed by atoms with E-state index in [1.54, 1.807) is 0 Å². The number of carbonyl (C=O) groups excluding carboxylic acids is 2. The van der Waals surface area contributed by atoms with E-state index in [4.69, 9.17) is 9.47 Å². The van der Waals surface area contributed by atoms with Gasteiger partial charge in [-0.2, -0.15) is 0 Å². The topological polar surface area (TPSA) is 64.0 Å². The second kappa shape index (κ2) is 6.34. The summed E-state index contributed by atoms with van der Waals surface area (Å²) < 4.78 is 13.4. The number of para-hydroxylation sites is 1. The number of likely N-dealkylation sites (N-methyl/N-ethyl adjacent to an activating group) is 1. The minimum Gasteiger partial charge on any atom is -0.454 e. The molecule has 0 bridgehead atoms. The van der Waals surface area contributed by atoms with Crippen LogP contribution in [-0.2, 0) is 23.1 Å². The largest absolute Gasteiger partial charge is 0.454 e. The molecular weight excluding hydrogens is 394 g/mol. The van der Waals surface area contributed by atoms with Crippen molar-refractivity contribution in [3.63, 3.8) is 0 Å². The summed E-state index contributed by atoms with van der Waals surface area (Å²) in [6.07, 6.45) is 3.50. The Morgan fingerprint density at radius 3 is 2.68 bits per heavy atom. The van der Waals surface area contributed by atoms with E-state index < -0.39 is 5.54 Å². The maximum atomic E-state index is 13.4. The lowest BCUT2D eigenvalue weighted by Gasteiger charge is -2.53. The monoisotopic (exact) mass is 417 g/mol. The van der Waals surface area contributed by atoms with E-state index in [0.717, 1.165) is 33.9 Å². The summed E-state index contributed by atoms with van der Waals surface area (Å²) in [5.74, 6) is 1.34. The number of benzene rings is 2. The number of ether oxygens (including phenoxy) is 2. The molecule has 31 heavy (non-hydrogen) atoms. The van der Waals surface area contributed by atoms with E-state index in [9.17, 15) is 9.59 Å². The van der Waals surface area contributed by atoms with E-state index in [1.165, 1.54) is 0 Å². The van der Waals surface area contributed by atoms with Crippen molar-refractivity contribution in [3.05, 3.63) is 59.3 Å². The molecule has 2 aromatic carbocycles. The van der Waals surface area contributed by atoms with Gasteiger partial charge in [0.05, 0.1) is 12.6 Å². The Morgan fingerprint density at radius 1 is 1.10 bits per heavy atom. The van der Waals surface area contributed by atoms with E-state index in [-0.39, 0.29) is 25.3 Å². The third-order valence-electron chi connectivity index (χ3n) is 6.82. The van der Waals surface area contributed by atoms with Gasteiger partial charge >= 0.3 is 0 Å². The van der Waals surface area contributed by atoms with Crippen LogP contribution in [0.4, 0.5) is 0 Å². The van der Waals surface area contributed by atoms with Crippen molar-refractivity contribution in [3.8, 4) is 11.5 Å². The third kappa shape index (κ3) is 2.50. The highest BCUT2D eigenvalue weighted by atomic mass is 16.7. The van der Waals surface area contributed by atoms with Gasteiger partial charge in [0.2, 0.25) is 12.7 Å². The standard InChI is InChI=1S/C24H23N3O4/c1-25-11-22(29)27-23(18-10-26(2)19-6-4-3-5-16(18)19)17-8-21-20(30-14-31-21)7-15(17)9-24(27,12-25)13-28/h3-8,10,13,23H,9,11-12,14H2,1-2H3. The highest BCUT2D eigenvalue weighted by molar-refractivity contribution is 5.90. The number of carbonyl (C=O) groups is 2. The Hall–Kier alpha value is -3.32. The lowest BCUT2D eigenvalue weighted by Crippen LogP contribution is -2.68. The predicted octanol–water partition coefficient (Wildman–Crippen LogP) is 2.26. The molecule has 2 unspecified atom stereocenters. The summed E-state index contributed by atoms with van der Waals surface area (Å²) in [7, 11) is 3.90. The molecule has 0 spiro atoms. The van der Waals surface area contributed by atoms with Crippen molar-refractivity contribution in [1.29, 1.82) is 0 Å². The number of aryl methyl sites for hydroxylation is 1. The molecule has 7 nitrogen and oxygen atoms in total. The van der Waals surface area contributed by atoms with E-state index in [1.807, 2.05) is 48.2 Å². The summed E-state index contributed by atoms with van der Waals surface area (Å²) >= 11 is 0. The first-order valence-corrected chi connectivity index (χ1v) is 10.4. The smallest absolute Gasteiger partial charge is 0.238 e. The van der Waals surface area contributed by atoms with Gasteiger partial charge in [-0.15, -0.1) is 0 Å². The SMILES string of the molecule is CN1CC(=O)N2C(c3cn(C)c4ccccc34)c3cc4c(cc3CC2(C=O)C1)OCO4. The minimum absolute atomic E-state index is 0.0397. The summed E-state index contributed by atoms with van der Waals surface area (Å²) in [5, 5.41) is 1.08. The van der Waals surface area contributed by atoms with Crippen LogP contribution in [0.15, 0.2) is 42.6 Å². The first-order valence-electron chi connectivity index (χ1n) is 10.4. The van der Waals surface area contributed by atoms with Crippen LogP contribution in [0.2, 0.25) is 0 Å². The first-order chi connectivity index (χ1) is 15.0. The summed E-state index contributed by atoms with van der Waals surface area (Å²) in [6.45, 7) is 0.968.